The maximum absolute atomic E-state index is 14.5. The first kappa shape index (κ1) is 15.7. The van der Waals surface area contributed by atoms with Crippen LogP contribution in [0.25, 0.3) is 11.1 Å². The van der Waals surface area contributed by atoms with Crippen molar-refractivity contribution in [2.45, 2.75) is 6.92 Å². The van der Waals surface area contributed by atoms with Gasteiger partial charge in [0.15, 0.2) is 11.5 Å². The molecule has 0 amide bonds. The summed E-state index contributed by atoms with van der Waals surface area (Å²) in [7, 11) is 1.67. The molecule has 1 aliphatic rings. The molecule has 6 heteroatoms. The molecule has 0 radical (unpaired) electrons. The summed E-state index contributed by atoms with van der Waals surface area (Å²) in [5.74, 6) is 1.14. The van der Waals surface area contributed by atoms with Crippen molar-refractivity contribution in [2.24, 2.45) is 0 Å². The van der Waals surface area contributed by atoms with Gasteiger partial charge in [-0.2, -0.15) is 0 Å². The lowest BCUT2D eigenvalue weighted by molar-refractivity contribution is 0.414. The molecule has 1 aliphatic heterocycles. The van der Waals surface area contributed by atoms with E-state index < -0.39 is 0 Å². The Morgan fingerprint density at radius 1 is 1.08 bits per heavy atom. The van der Waals surface area contributed by atoms with E-state index >= 15 is 0 Å². The highest BCUT2D eigenvalue weighted by molar-refractivity contribution is 5.78. The predicted octanol–water partition coefficient (Wildman–Crippen LogP) is 3.61. The first-order chi connectivity index (χ1) is 12.1. The van der Waals surface area contributed by atoms with Crippen molar-refractivity contribution in [1.29, 1.82) is 0 Å². The summed E-state index contributed by atoms with van der Waals surface area (Å²) < 4.78 is 25.3. The predicted molar refractivity (Wildman–Crippen MR) is 96.1 cm³/mol. The molecule has 0 aliphatic carbocycles. The summed E-state index contributed by atoms with van der Waals surface area (Å²) in [6, 6.07) is 11.2. The third-order valence-corrected chi connectivity index (χ3v) is 4.60. The van der Waals surface area contributed by atoms with Crippen molar-refractivity contribution >= 4 is 22.5 Å². The minimum absolute atomic E-state index is 0.254. The molecule has 0 N–H and O–H groups in total. The van der Waals surface area contributed by atoms with Crippen LogP contribution in [0.2, 0.25) is 0 Å². The number of nitrogens with zero attached hydrogens (tertiary/aromatic N) is 3. The zero-order valence-corrected chi connectivity index (χ0v) is 14.3. The molecule has 130 valence electrons. The van der Waals surface area contributed by atoms with Crippen LogP contribution < -0.4 is 14.5 Å². The van der Waals surface area contributed by atoms with Crippen molar-refractivity contribution in [2.75, 3.05) is 43.1 Å². The Balaban J connectivity index is 1.52. The largest absolute Gasteiger partial charge is 0.497 e. The van der Waals surface area contributed by atoms with Crippen molar-refractivity contribution in [3.05, 3.63) is 48.1 Å². The number of methoxy groups -OCH3 is 1. The van der Waals surface area contributed by atoms with Gasteiger partial charge in [0, 0.05) is 57.0 Å². The molecular weight excluding hydrogens is 321 g/mol. The lowest BCUT2D eigenvalue weighted by Gasteiger charge is -2.37. The van der Waals surface area contributed by atoms with Crippen molar-refractivity contribution in [3.8, 4) is 5.75 Å². The quantitative estimate of drug-likeness (QED) is 0.728. The maximum Gasteiger partial charge on any atom is 0.192 e. The van der Waals surface area contributed by atoms with E-state index in [0.29, 0.717) is 22.7 Å². The second-order valence-corrected chi connectivity index (χ2v) is 6.18. The number of rotatable bonds is 3. The molecule has 2 heterocycles. The highest BCUT2D eigenvalue weighted by atomic mass is 19.1. The molecule has 1 fully saturated rings. The Bertz CT molecular complexity index is 901. The summed E-state index contributed by atoms with van der Waals surface area (Å²) in [5, 5.41) is 0. The average Bonchev–Trinajstić information content (AvgIpc) is 3.00. The smallest absolute Gasteiger partial charge is 0.192 e. The van der Waals surface area contributed by atoms with E-state index in [1.165, 1.54) is 6.07 Å². The van der Waals surface area contributed by atoms with Gasteiger partial charge in [0.05, 0.1) is 12.8 Å². The Morgan fingerprint density at radius 3 is 2.60 bits per heavy atom. The van der Waals surface area contributed by atoms with Gasteiger partial charge in [0.2, 0.25) is 0 Å². The standard InChI is InChI=1S/C19H20FN3O2/c1-13-21-17-11-16(20)18(12-19(17)25-13)23-8-6-22(7-9-23)14-4-3-5-15(10-14)24-2/h3-5,10-12H,6-9H2,1-2H3. The second-order valence-electron chi connectivity index (χ2n) is 6.18. The molecule has 2 aromatic carbocycles. The van der Waals surface area contributed by atoms with E-state index in [4.69, 9.17) is 9.15 Å². The second kappa shape index (κ2) is 6.27. The fraction of sp³-hybridized carbons (Fsp3) is 0.316. The van der Waals surface area contributed by atoms with Crippen molar-refractivity contribution < 1.29 is 13.5 Å². The maximum atomic E-state index is 14.5. The molecule has 1 saturated heterocycles. The van der Waals surface area contributed by atoms with Gasteiger partial charge >= 0.3 is 0 Å². The van der Waals surface area contributed by atoms with Crippen LogP contribution >= 0.6 is 0 Å². The van der Waals surface area contributed by atoms with Crippen LogP contribution in [-0.4, -0.2) is 38.3 Å². The molecule has 3 aromatic rings. The van der Waals surface area contributed by atoms with Gasteiger partial charge in [-0.1, -0.05) is 6.07 Å². The molecule has 0 spiro atoms. The number of aryl methyl sites for hydroxylation is 1. The lowest BCUT2D eigenvalue weighted by atomic mass is 10.2. The zero-order chi connectivity index (χ0) is 17.4. The zero-order valence-electron chi connectivity index (χ0n) is 14.3. The molecule has 4 rings (SSSR count). The first-order valence-corrected chi connectivity index (χ1v) is 8.35. The average molecular weight is 341 g/mol. The van der Waals surface area contributed by atoms with Crippen LogP contribution in [0, 0.1) is 12.7 Å². The van der Waals surface area contributed by atoms with Gasteiger partial charge in [-0.05, 0) is 12.1 Å². The fourth-order valence-corrected chi connectivity index (χ4v) is 3.31. The summed E-state index contributed by atoms with van der Waals surface area (Å²) in [6.45, 7) is 4.89. The fourth-order valence-electron chi connectivity index (χ4n) is 3.31. The number of anilines is 2. The van der Waals surface area contributed by atoms with E-state index in [-0.39, 0.29) is 5.82 Å². The van der Waals surface area contributed by atoms with E-state index in [2.05, 4.69) is 20.9 Å². The molecule has 0 bridgehead atoms. The van der Waals surface area contributed by atoms with Crippen LogP contribution in [0.3, 0.4) is 0 Å². The highest BCUT2D eigenvalue weighted by Gasteiger charge is 2.21. The molecule has 25 heavy (non-hydrogen) atoms. The van der Waals surface area contributed by atoms with E-state index in [9.17, 15) is 4.39 Å². The van der Waals surface area contributed by atoms with Gasteiger partial charge in [-0.25, -0.2) is 9.37 Å². The molecular formula is C19H20FN3O2. The first-order valence-electron chi connectivity index (χ1n) is 8.35. The monoisotopic (exact) mass is 341 g/mol. The Hall–Kier alpha value is -2.76. The van der Waals surface area contributed by atoms with E-state index in [0.717, 1.165) is 37.6 Å². The number of piperazine rings is 1. The van der Waals surface area contributed by atoms with Gasteiger partial charge in [-0.3, -0.25) is 0 Å². The van der Waals surface area contributed by atoms with Gasteiger partial charge in [0.25, 0.3) is 0 Å². The number of halogens is 1. The number of oxazole rings is 1. The van der Waals surface area contributed by atoms with E-state index in [1.54, 1.807) is 20.1 Å². The number of hydrogen-bond acceptors (Lipinski definition) is 5. The molecule has 0 unspecified atom stereocenters. The third-order valence-electron chi connectivity index (χ3n) is 4.60. The van der Waals surface area contributed by atoms with Crippen LogP contribution in [0.4, 0.5) is 15.8 Å². The normalized spacial score (nSPS) is 15.0. The Morgan fingerprint density at radius 2 is 1.84 bits per heavy atom. The number of hydrogen-bond donors (Lipinski definition) is 0. The summed E-state index contributed by atoms with van der Waals surface area (Å²) in [4.78, 5) is 8.53. The summed E-state index contributed by atoms with van der Waals surface area (Å²) in [6.07, 6.45) is 0. The number of aromatic nitrogens is 1. The van der Waals surface area contributed by atoms with Crippen LogP contribution in [0.15, 0.2) is 40.8 Å². The van der Waals surface area contributed by atoms with Gasteiger partial charge in [0.1, 0.15) is 17.1 Å². The van der Waals surface area contributed by atoms with Crippen LogP contribution in [0.5, 0.6) is 5.75 Å². The topological polar surface area (TPSA) is 41.7 Å². The van der Waals surface area contributed by atoms with Crippen molar-refractivity contribution in [3.63, 3.8) is 0 Å². The third kappa shape index (κ3) is 2.99. The Labute approximate surface area is 145 Å². The molecule has 5 nitrogen and oxygen atoms in total. The SMILES string of the molecule is COc1cccc(N2CCN(c3cc4oc(C)nc4cc3F)CC2)c1. The number of ether oxygens (including phenoxy) is 1. The number of benzene rings is 2. The van der Waals surface area contributed by atoms with Gasteiger partial charge in [-0.15, -0.1) is 0 Å². The minimum Gasteiger partial charge on any atom is -0.497 e. The Kier molecular flexibility index (Phi) is 3.95. The van der Waals surface area contributed by atoms with Crippen LogP contribution in [-0.2, 0) is 0 Å². The molecule has 0 saturated carbocycles. The van der Waals surface area contributed by atoms with Crippen LogP contribution in [0.1, 0.15) is 5.89 Å². The van der Waals surface area contributed by atoms with E-state index in [1.807, 2.05) is 18.2 Å². The highest BCUT2D eigenvalue weighted by Crippen LogP contribution is 2.28. The van der Waals surface area contributed by atoms with Crippen molar-refractivity contribution in [1.82, 2.24) is 4.98 Å². The molecule has 0 atom stereocenters. The summed E-state index contributed by atoms with van der Waals surface area (Å²) >= 11 is 0. The lowest BCUT2D eigenvalue weighted by Crippen LogP contribution is -2.46. The number of fused-ring (bicyclic) bond motifs is 1. The summed E-state index contributed by atoms with van der Waals surface area (Å²) in [5.41, 5.74) is 2.90. The molecule has 1 aromatic heterocycles. The minimum atomic E-state index is -0.254. The van der Waals surface area contributed by atoms with Gasteiger partial charge < -0.3 is 19.0 Å².